The van der Waals surface area contributed by atoms with E-state index in [1.54, 1.807) is 6.08 Å². The van der Waals surface area contributed by atoms with Gasteiger partial charge in [-0.3, -0.25) is 0 Å². The zero-order chi connectivity index (χ0) is 21.6. The fraction of sp³-hybridized carbons (Fsp3) is 0.103. The standard InChI is InChI=1S/C29H28N2/c1-2-3-4-5-15-24-30(27-18-9-6-10-19-27)25-16-17-26-31(28-20-11-7-12-21-28)29-22-13-8-14-23-29/h1,3-23H,24-26H2/b4-3-,15-5-,17-16-. The van der Waals surface area contributed by atoms with Crippen LogP contribution in [0.5, 0.6) is 0 Å². The maximum absolute atomic E-state index is 5.26. The summed E-state index contributed by atoms with van der Waals surface area (Å²) in [6, 6.07) is 31.4. The third-order valence-corrected chi connectivity index (χ3v) is 4.80. The van der Waals surface area contributed by atoms with E-state index in [9.17, 15) is 0 Å². The van der Waals surface area contributed by atoms with E-state index in [0.29, 0.717) is 0 Å². The second-order valence-corrected chi connectivity index (χ2v) is 6.95. The van der Waals surface area contributed by atoms with Crippen LogP contribution in [-0.4, -0.2) is 19.6 Å². The van der Waals surface area contributed by atoms with Gasteiger partial charge in [0.05, 0.1) is 0 Å². The molecule has 0 saturated heterocycles. The summed E-state index contributed by atoms with van der Waals surface area (Å²) in [5.41, 5.74) is 3.56. The predicted octanol–water partition coefficient (Wildman–Crippen LogP) is 6.63. The van der Waals surface area contributed by atoms with Crippen molar-refractivity contribution >= 4 is 17.1 Å². The van der Waals surface area contributed by atoms with E-state index in [1.807, 2.05) is 30.4 Å². The number of hydrogen-bond acceptors (Lipinski definition) is 2. The van der Waals surface area contributed by atoms with Crippen molar-refractivity contribution < 1.29 is 0 Å². The number of para-hydroxylation sites is 3. The number of nitrogens with zero attached hydrogens (tertiary/aromatic N) is 2. The SMILES string of the molecule is C#C/C=C\C=C/CN(C/C=C\CN(c1ccccc1)c1ccccc1)c1ccccc1. The molecule has 0 bridgehead atoms. The third-order valence-electron chi connectivity index (χ3n) is 4.80. The third kappa shape index (κ3) is 7.10. The molecule has 0 spiro atoms. The highest BCUT2D eigenvalue weighted by Crippen LogP contribution is 2.24. The molecule has 0 fully saturated rings. The molecule has 0 unspecified atom stereocenters. The first-order valence-corrected chi connectivity index (χ1v) is 10.5. The molecule has 3 aromatic rings. The smallest absolute Gasteiger partial charge is 0.0413 e. The van der Waals surface area contributed by atoms with Crippen molar-refractivity contribution in [2.45, 2.75) is 0 Å². The molecule has 3 aromatic carbocycles. The summed E-state index contributed by atoms with van der Waals surface area (Å²) in [7, 11) is 0. The van der Waals surface area contributed by atoms with Crippen molar-refractivity contribution in [3.05, 3.63) is 127 Å². The van der Waals surface area contributed by atoms with Gasteiger partial charge in [-0.05, 0) is 42.5 Å². The van der Waals surface area contributed by atoms with Gasteiger partial charge >= 0.3 is 0 Å². The number of allylic oxidation sites excluding steroid dienone is 3. The van der Waals surface area contributed by atoms with Gasteiger partial charge in [0.15, 0.2) is 0 Å². The zero-order valence-corrected chi connectivity index (χ0v) is 17.7. The van der Waals surface area contributed by atoms with Crippen molar-refractivity contribution in [2.75, 3.05) is 29.4 Å². The van der Waals surface area contributed by atoms with Gasteiger partial charge in [0.2, 0.25) is 0 Å². The summed E-state index contributed by atoms with van der Waals surface area (Å²) in [5.74, 6) is 2.51. The van der Waals surface area contributed by atoms with Crippen LogP contribution in [-0.2, 0) is 0 Å². The summed E-state index contributed by atoms with van der Waals surface area (Å²) < 4.78 is 0. The molecular formula is C29H28N2. The monoisotopic (exact) mass is 404 g/mol. The number of terminal acetylenes is 1. The van der Waals surface area contributed by atoms with Crippen LogP contribution < -0.4 is 9.80 Å². The molecule has 0 amide bonds. The molecule has 0 aliphatic rings. The van der Waals surface area contributed by atoms with Crippen molar-refractivity contribution in [3.63, 3.8) is 0 Å². The fourth-order valence-corrected chi connectivity index (χ4v) is 3.26. The average Bonchev–Trinajstić information content (AvgIpc) is 2.84. The first-order valence-electron chi connectivity index (χ1n) is 10.5. The maximum Gasteiger partial charge on any atom is 0.0413 e. The molecule has 0 aliphatic carbocycles. The molecule has 0 aliphatic heterocycles. The second kappa shape index (κ2) is 12.6. The highest BCUT2D eigenvalue weighted by molar-refractivity contribution is 5.63. The van der Waals surface area contributed by atoms with Crippen LogP contribution in [0.3, 0.4) is 0 Å². The second-order valence-electron chi connectivity index (χ2n) is 6.95. The Hall–Kier alpha value is -3.96. The Balaban J connectivity index is 1.69. The van der Waals surface area contributed by atoms with Gasteiger partial charge in [-0.15, -0.1) is 6.42 Å². The summed E-state index contributed by atoms with van der Waals surface area (Å²) in [4.78, 5) is 4.64. The van der Waals surface area contributed by atoms with E-state index >= 15 is 0 Å². The minimum absolute atomic E-state index is 0.803. The Labute approximate surface area is 186 Å². The lowest BCUT2D eigenvalue weighted by atomic mass is 10.2. The molecule has 2 heteroatoms. The zero-order valence-electron chi connectivity index (χ0n) is 17.7. The van der Waals surface area contributed by atoms with Crippen molar-refractivity contribution in [1.29, 1.82) is 0 Å². The number of hydrogen-bond donors (Lipinski definition) is 0. The lowest BCUT2D eigenvalue weighted by molar-refractivity contribution is 0.949. The molecule has 0 saturated carbocycles. The molecule has 2 nitrogen and oxygen atoms in total. The van der Waals surface area contributed by atoms with Crippen LogP contribution >= 0.6 is 0 Å². The van der Waals surface area contributed by atoms with Crippen LogP contribution in [0, 0.1) is 12.3 Å². The van der Waals surface area contributed by atoms with E-state index in [0.717, 1.165) is 19.6 Å². The molecule has 154 valence electrons. The lowest BCUT2D eigenvalue weighted by Gasteiger charge is -2.24. The number of rotatable bonds is 10. The van der Waals surface area contributed by atoms with E-state index in [1.165, 1.54) is 17.1 Å². The van der Waals surface area contributed by atoms with E-state index in [2.05, 4.69) is 107 Å². The number of benzene rings is 3. The first-order chi connectivity index (χ1) is 15.4. The molecule has 0 N–H and O–H groups in total. The van der Waals surface area contributed by atoms with Gasteiger partial charge < -0.3 is 9.80 Å². The Kier molecular flexibility index (Phi) is 8.82. The summed E-state index contributed by atoms with van der Waals surface area (Å²) in [6.07, 6.45) is 17.4. The number of anilines is 3. The highest BCUT2D eigenvalue weighted by atomic mass is 15.1. The van der Waals surface area contributed by atoms with Gasteiger partial charge in [0, 0.05) is 36.7 Å². The molecule has 0 heterocycles. The summed E-state index contributed by atoms with van der Waals surface area (Å²) >= 11 is 0. The van der Waals surface area contributed by atoms with Crippen molar-refractivity contribution in [2.24, 2.45) is 0 Å². The first kappa shape index (κ1) is 21.7. The minimum atomic E-state index is 0.803. The topological polar surface area (TPSA) is 6.48 Å². The van der Waals surface area contributed by atoms with E-state index in [4.69, 9.17) is 6.42 Å². The van der Waals surface area contributed by atoms with Gasteiger partial charge in [-0.1, -0.05) is 90.9 Å². The Morgan fingerprint density at radius 3 is 1.61 bits per heavy atom. The summed E-state index contributed by atoms with van der Waals surface area (Å²) in [5, 5.41) is 0. The molecular weight excluding hydrogens is 376 g/mol. The molecule has 0 radical (unpaired) electrons. The Morgan fingerprint density at radius 2 is 1.06 bits per heavy atom. The normalized spacial score (nSPS) is 11.2. The van der Waals surface area contributed by atoms with Gasteiger partial charge in [-0.25, -0.2) is 0 Å². The minimum Gasteiger partial charge on any atom is -0.364 e. The lowest BCUT2D eigenvalue weighted by Crippen LogP contribution is -2.23. The Morgan fingerprint density at radius 1 is 0.581 bits per heavy atom. The van der Waals surface area contributed by atoms with Crippen LogP contribution in [0.2, 0.25) is 0 Å². The molecule has 3 rings (SSSR count). The molecule has 31 heavy (non-hydrogen) atoms. The summed E-state index contributed by atoms with van der Waals surface area (Å²) in [6.45, 7) is 2.44. The molecule has 0 atom stereocenters. The van der Waals surface area contributed by atoms with Crippen molar-refractivity contribution in [3.8, 4) is 12.3 Å². The predicted molar refractivity (Wildman–Crippen MR) is 135 cm³/mol. The van der Waals surface area contributed by atoms with Crippen LogP contribution in [0.4, 0.5) is 17.1 Å². The average molecular weight is 405 g/mol. The van der Waals surface area contributed by atoms with Gasteiger partial charge in [0.25, 0.3) is 0 Å². The largest absolute Gasteiger partial charge is 0.364 e. The molecule has 0 aromatic heterocycles. The van der Waals surface area contributed by atoms with Gasteiger partial charge in [0.1, 0.15) is 0 Å². The fourth-order valence-electron chi connectivity index (χ4n) is 3.26. The maximum atomic E-state index is 5.26. The quantitative estimate of drug-likeness (QED) is 0.212. The van der Waals surface area contributed by atoms with E-state index < -0.39 is 0 Å². The van der Waals surface area contributed by atoms with Gasteiger partial charge in [-0.2, -0.15) is 0 Å². The van der Waals surface area contributed by atoms with Crippen LogP contribution in [0.1, 0.15) is 0 Å². The van der Waals surface area contributed by atoms with Crippen LogP contribution in [0.25, 0.3) is 0 Å². The van der Waals surface area contributed by atoms with E-state index in [-0.39, 0.29) is 0 Å². The van der Waals surface area contributed by atoms with Crippen molar-refractivity contribution in [1.82, 2.24) is 0 Å². The van der Waals surface area contributed by atoms with Crippen LogP contribution in [0.15, 0.2) is 127 Å². The Bertz CT molecular complexity index is 973. The highest BCUT2D eigenvalue weighted by Gasteiger charge is 2.07.